The molecule has 42 heavy (non-hydrogen) atoms. The Hall–Kier alpha value is -4.10. The number of carbonyl (C=O) groups excluding carboxylic acids is 2. The number of carbonyl (C=O) groups is 2. The zero-order chi connectivity index (χ0) is 31.2. The monoisotopic (exact) mass is 626 g/mol. The number of amides is 1. The van der Waals surface area contributed by atoms with E-state index in [9.17, 15) is 22.4 Å². The van der Waals surface area contributed by atoms with E-state index in [1.165, 1.54) is 12.1 Å². The molecule has 0 aliphatic carbocycles. The molecule has 0 radical (unpaired) electrons. The summed E-state index contributed by atoms with van der Waals surface area (Å²) in [5.41, 5.74) is -1.48. The van der Waals surface area contributed by atoms with Gasteiger partial charge in [-0.3, -0.25) is 4.72 Å². The average molecular weight is 627 g/mol. The van der Waals surface area contributed by atoms with Crippen molar-refractivity contribution in [3.63, 3.8) is 0 Å². The SMILES string of the molecule is COC(=O)c1cc(Cl)c(OC)c(S(=O)(=O)Nc2cc(-c3ccccc3OCCNC(=O)OC(C)(C)C)c(F)cc2F)c1. The van der Waals surface area contributed by atoms with E-state index in [0.29, 0.717) is 6.07 Å². The maximum absolute atomic E-state index is 15.0. The molecule has 226 valence electrons. The first-order chi connectivity index (χ1) is 19.7. The van der Waals surface area contributed by atoms with Crippen molar-refractivity contribution in [1.29, 1.82) is 0 Å². The number of sulfonamides is 1. The number of nitrogens with one attached hydrogen (secondary N) is 2. The topological polar surface area (TPSA) is 129 Å². The Morgan fingerprint density at radius 1 is 0.976 bits per heavy atom. The molecule has 0 fully saturated rings. The van der Waals surface area contributed by atoms with Gasteiger partial charge in [0.25, 0.3) is 10.0 Å². The summed E-state index contributed by atoms with van der Waals surface area (Å²) < 4.78 is 79.2. The first-order valence-corrected chi connectivity index (χ1v) is 14.2. The van der Waals surface area contributed by atoms with Crippen LogP contribution in [0, 0.1) is 11.6 Å². The lowest BCUT2D eigenvalue weighted by molar-refractivity contribution is 0.0519. The van der Waals surface area contributed by atoms with E-state index in [1.807, 2.05) is 0 Å². The summed E-state index contributed by atoms with van der Waals surface area (Å²) in [4.78, 5) is 23.3. The highest BCUT2D eigenvalue weighted by atomic mass is 35.5. The van der Waals surface area contributed by atoms with Crippen molar-refractivity contribution in [2.24, 2.45) is 0 Å². The Labute approximate surface area is 246 Å². The minimum absolute atomic E-state index is 0.0182. The molecule has 3 aromatic rings. The number of esters is 1. The van der Waals surface area contributed by atoms with E-state index in [0.717, 1.165) is 32.4 Å². The lowest BCUT2D eigenvalue weighted by Gasteiger charge is -2.20. The summed E-state index contributed by atoms with van der Waals surface area (Å²) in [7, 11) is -2.38. The number of hydrogen-bond acceptors (Lipinski definition) is 8. The van der Waals surface area contributed by atoms with Crippen LogP contribution < -0.4 is 19.5 Å². The number of halogens is 3. The van der Waals surface area contributed by atoms with Gasteiger partial charge in [0.15, 0.2) is 5.75 Å². The molecule has 3 rings (SSSR count). The van der Waals surface area contributed by atoms with Crippen molar-refractivity contribution in [2.45, 2.75) is 31.3 Å². The maximum atomic E-state index is 15.0. The van der Waals surface area contributed by atoms with E-state index in [1.54, 1.807) is 32.9 Å². The minimum Gasteiger partial charge on any atom is -0.494 e. The van der Waals surface area contributed by atoms with Crippen LogP contribution in [-0.2, 0) is 19.5 Å². The van der Waals surface area contributed by atoms with Gasteiger partial charge in [-0.05, 0) is 45.0 Å². The quantitative estimate of drug-likeness (QED) is 0.214. The number of methoxy groups -OCH3 is 2. The fourth-order valence-corrected chi connectivity index (χ4v) is 5.31. The molecule has 14 heteroatoms. The number of alkyl carbamates (subject to hydrolysis) is 1. The van der Waals surface area contributed by atoms with Crippen LogP contribution in [0.25, 0.3) is 11.1 Å². The molecular weight excluding hydrogens is 598 g/mol. The zero-order valence-corrected chi connectivity index (χ0v) is 24.9. The van der Waals surface area contributed by atoms with E-state index in [4.69, 9.17) is 25.8 Å². The zero-order valence-electron chi connectivity index (χ0n) is 23.3. The molecule has 0 bridgehead atoms. The molecule has 10 nitrogen and oxygen atoms in total. The second-order valence-corrected chi connectivity index (χ2v) is 11.7. The highest BCUT2D eigenvalue weighted by molar-refractivity contribution is 7.92. The molecule has 0 saturated heterocycles. The summed E-state index contributed by atoms with van der Waals surface area (Å²) >= 11 is 6.12. The Morgan fingerprint density at radius 3 is 2.31 bits per heavy atom. The van der Waals surface area contributed by atoms with Crippen LogP contribution in [0.5, 0.6) is 11.5 Å². The Bertz CT molecular complexity index is 1590. The van der Waals surface area contributed by atoms with Gasteiger partial charge in [-0.1, -0.05) is 29.8 Å². The van der Waals surface area contributed by atoms with Crippen molar-refractivity contribution < 1.29 is 45.7 Å². The lowest BCUT2D eigenvalue weighted by Crippen LogP contribution is -2.34. The molecule has 0 atom stereocenters. The van der Waals surface area contributed by atoms with Gasteiger partial charge in [-0.25, -0.2) is 26.8 Å². The van der Waals surface area contributed by atoms with Crippen LogP contribution >= 0.6 is 11.6 Å². The Balaban J connectivity index is 1.92. The van der Waals surface area contributed by atoms with E-state index in [2.05, 4.69) is 14.8 Å². The van der Waals surface area contributed by atoms with Gasteiger partial charge in [0.05, 0.1) is 37.0 Å². The number of ether oxygens (including phenoxy) is 4. The molecule has 0 heterocycles. The van der Waals surface area contributed by atoms with E-state index < -0.39 is 49.9 Å². The van der Waals surface area contributed by atoms with Crippen LogP contribution in [0.2, 0.25) is 5.02 Å². The predicted octanol–water partition coefficient (Wildman–Crippen LogP) is 5.78. The first-order valence-electron chi connectivity index (χ1n) is 12.3. The predicted molar refractivity (Wildman–Crippen MR) is 152 cm³/mol. The van der Waals surface area contributed by atoms with Gasteiger partial charge < -0.3 is 24.3 Å². The molecular formula is C28H29ClF2N2O8S. The molecule has 0 saturated carbocycles. The number of anilines is 1. The summed E-state index contributed by atoms with van der Waals surface area (Å²) in [6, 6.07) is 9.81. The van der Waals surface area contributed by atoms with Crippen molar-refractivity contribution in [2.75, 3.05) is 32.1 Å². The second kappa shape index (κ2) is 13.3. The molecule has 0 aliphatic heterocycles. The third kappa shape index (κ3) is 8.01. The third-order valence-corrected chi connectivity index (χ3v) is 7.08. The van der Waals surface area contributed by atoms with Gasteiger partial charge in [0.2, 0.25) is 0 Å². The van der Waals surface area contributed by atoms with Crippen LogP contribution in [0.3, 0.4) is 0 Å². The molecule has 0 spiro atoms. The Morgan fingerprint density at radius 2 is 1.67 bits per heavy atom. The van der Waals surface area contributed by atoms with Crippen LogP contribution in [0.15, 0.2) is 53.4 Å². The molecule has 0 unspecified atom stereocenters. The number of hydrogen-bond donors (Lipinski definition) is 2. The van der Waals surface area contributed by atoms with Crippen LogP contribution in [0.1, 0.15) is 31.1 Å². The second-order valence-electron chi connectivity index (χ2n) is 9.67. The largest absolute Gasteiger partial charge is 0.494 e. The minimum atomic E-state index is -4.64. The molecule has 1 amide bonds. The number of rotatable bonds is 10. The molecule has 0 aromatic heterocycles. The number of para-hydroxylation sites is 1. The van der Waals surface area contributed by atoms with E-state index in [-0.39, 0.29) is 46.4 Å². The van der Waals surface area contributed by atoms with Gasteiger partial charge >= 0.3 is 12.1 Å². The standard InChI is InChI=1S/C28H29ClF2N2O8S/c1-28(2,3)41-27(35)32-10-11-40-23-9-7-6-8-17(23)18-14-22(21(31)15-20(18)30)33-42(36,37)24-13-16(26(34)39-5)12-19(29)25(24)38-4/h6-9,12-15,33H,10-11H2,1-5H3,(H,32,35). The highest BCUT2D eigenvalue weighted by Gasteiger charge is 2.27. The van der Waals surface area contributed by atoms with Crippen LogP contribution in [0.4, 0.5) is 19.3 Å². The van der Waals surface area contributed by atoms with Crippen molar-refractivity contribution in [1.82, 2.24) is 5.32 Å². The van der Waals surface area contributed by atoms with Crippen molar-refractivity contribution >= 4 is 39.4 Å². The van der Waals surface area contributed by atoms with Gasteiger partial charge in [-0.15, -0.1) is 0 Å². The summed E-state index contributed by atoms with van der Waals surface area (Å²) in [5, 5.41) is 2.32. The van der Waals surface area contributed by atoms with Gasteiger partial charge in [-0.2, -0.15) is 0 Å². The highest BCUT2D eigenvalue weighted by Crippen LogP contribution is 2.37. The molecule has 0 aliphatic rings. The average Bonchev–Trinajstić information content (AvgIpc) is 2.91. The molecule has 2 N–H and O–H groups in total. The van der Waals surface area contributed by atoms with Gasteiger partial charge in [0, 0.05) is 17.2 Å². The lowest BCUT2D eigenvalue weighted by atomic mass is 10.0. The van der Waals surface area contributed by atoms with E-state index >= 15 is 4.39 Å². The van der Waals surface area contributed by atoms with Crippen molar-refractivity contribution in [3.05, 3.63) is 70.8 Å². The number of benzene rings is 3. The van der Waals surface area contributed by atoms with Crippen LogP contribution in [-0.4, -0.2) is 53.5 Å². The fourth-order valence-electron chi connectivity index (χ4n) is 3.68. The van der Waals surface area contributed by atoms with Crippen molar-refractivity contribution in [3.8, 4) is 22.6 Å². The summed E-state index contributed by atoms with van der Waals surface area (Å²) in [6.07, 6.45) is -0.643. The maximum Gasteiger partial charge on any atom is 0.407 e. The first kappa shape index (κ1) is 32.4. The summed E-state index contributed by atoms with van der Waals surface area (Å²) in [6.45, 7) is 5.20. The summed E-state index contributed by atoms with van der Waals surface area (Å²) in [5.74, 6) is -3.20. The Kier molecular flexibility index (Phi) is 10.2. The normalized spacial score (nSPS) is 11.4. The van der Waals surface area contributed by atoms with Gasteiger partial charge in [0.1, 0.15) is 34.5 Å². The third-order valence-electron chi connectivity index (χ3n) is 5.43. The molecule has 3 aromatic carbocycles. The smallest absolute Gasteiger partial charge is 0.407 e. The fraction of sp³-hybridized carbons (Fsp3) is 0.286.